The summed E-state index contributed by atoms with van der Waals surface area (Å²) in [5.41, 5.74) is 1.95. The van der Waals surface area contributed by atoms with Crippen LogP contribution in [0.1, 0.15) is 36.6 Å². The Balaban J connectivity index is 2.03. The van der Waals surface area contributed by atoms with Crippen LogP contribution in [0.2, 0.25) is 0 Å². The van der Waals surface area contributed by atoms with Crippen LogP contribution in [0.25, 0.3) is 0 Å². The van der Waals surface area contributed by atoms with Crippen LogP contribution in [0, 0.1) is 0 Å². The van der Waals surface area contributed by atoms with Crippen molar-refractivity contribution in [3.8, 4) is 0 Å². The molecule has 0 saturated heterocycles. The molecule has 0 aromatic carbocycles. The third-order valence-electron chi connectivity index (χ3n) is 4.15. The lowest BCUT2D eigenvalue weighted by molar-refractivity contribution is -0.127. The maximum atomic E-state index is 11.9. The fourth-order valence-corrected chi connectivity index (χ4v) is 2.53. The third kappa shape index (κ3) is 6.16. The fourth-order valence-electron chi connectivity index (χ4n) is 2.53. The number of likely N-dealkylation sites (N-methyl/N-ethyl adjacent to an activating group) is 1. The second-order valence-corrected chi connectivity index (χ2v) is 6.30. The summed E-state index contributed by atoms with van der Waals surface area (Å²) in [6, 6.07) is 3.79. The highest BCUT2D eigenvalue weighted by atomic mass is 16.5. The maximum Gasteiger partial charge on any atom is 0.241 e. The van der Waals surface area contributed by atoms with Crippen molar-refractivity contribution in [2.45, 2.75) is 39.7 Å². The van der Waals surface area contributed by atoms with Gasteiger partial charge in [0.25, 0.3) is 0 Å². The second-order valence-electron chi connectivity index (χ2n) is 6.30. The number of nitrogens with zero attached hydrogens (tertiary/aromatic N) is 3. The molecule has 0 atom stereocenters. The van der Waals surface area contributed by atoms with Crippen LogP contribution < -0.4 is 10.6 Å². The van der Waals surface area contributed by atoms with E-state index in [9.17, 15) is 4.79 Å². The van der Waals surface area contributed by atoms with E-state index in [1.54, 1.807) is 20.4 Å². The highest BCUT2D eigenvalue weighted by Gasteiger charge is 2.13. The number of aliphatic imine (C=N–C) groups is 1. The van der Waals surface area contributed by atoms with Gasteiger partial charge < -0.3 is 24.5 Å². The van der Waals surface area contributed by atoms with Gasteiger partial charge in [0.15, 0.2) is 5.96 Å². The van der Waals surface area contributed by atoms with E-state index in [1.165, 1.54) is 4.90 Å². The first-order valence-corrected chi connectivity index (χ1v) is 9.26. The van der Waals surface area contributed by atoms with E-state index in [-0.39, 0.29) is 12.5 Å². The summed E-state index contributed by atoms with van der Waals surface area (Å²) < 4.78 is 10.7. The largest absolute Gasteiger partial charge is 0.469 e. The zero-order valence-electron chi connectivity index (χ0n) is 16.5. The Bertz CT molecular complexity index is 713. The number of aryl methyl sites for hydroxylation is 2. The summed E-state index contributed by atoms with van der Waals surface area (Å²) in [5, 5.41) is 10.4. The molecular formula is C19H29N5O3. The summed E-state index contributed by atoms with van der Waals surface area (Å²) in [7, 11) is 3.45. The molecular weight excluding hydrogens is 346 g/mol. The maximum absolute atomic E-state index is 11.9. The number of furan rings is 1. The first kappa shape index (κ1) is 20.5. The topological polar surface area (TPSA) is 95.9 Å². The molecule has 8 nitrogen and oxygen atoms in total. The van der Waals surface area contributed by atoms with E-state index >= 15 is 0 Å². The fraction of sp³-hybridized carbons (Fsp3) is 0.526. The second kappa shape index (κ2) is 10.4. The van der Waals surface area contributed by atoms with E-state index in [0.717, 1.165) is 42.0 Å². The smallest absolute Gasteiger partial charge is 0.241 e. The molecule has 2 rings (SSSR count). The van der Waals surface area contributed by atoms with Crippen LogP contribution in [0.5, 0.6) is 0 Å². The molecule has 1 amide bonds. The predicted molar refractivity (Wildman–Crippen MR) is 104 cm³/mol. The minimum Gasteiger partial charge on any atom is -0.469 e. The molecule has 0 aliphatic heterocycles. The number of carbonyl (C=O) groups excluding carboxylic acids is 1. The first-order valence-electron chi connectivity index (χ1n) is 9.26. The molecule has 8 heteroatoms. The summed E-state index contributed by atoms with van der Waals surface area (Å²) in [6.07, 6.45) is 3.94. The van der Waals surface area contributed by atoms with Gasteiger partial charge >= 0.3 is 0 Å². The molecule has 0 saturated carbocycles. The molecule has 2 aromatic rings. The SMILES string of the molecule is CCc1noc(CC)c1CN=C(NCCc1ccco1)NCC(=O)N(C)C. The quantitative estimate of drug-likeness (QED) is 0.512. The van der Waals surface area contributed by atoms with Gasteiger partial charge in [0.1, 0.15) is 11.5 Å². The molecule has 2 aromatic heterocycles. The number of rotatable bonds is 9. The van der Waals surface area contributed by atoms with Crippen LogP contribution >= 0.6 is 0 Å². The van der Waals surface area contributed by atoms with Gasteiger partial charge in [-0.3, -0.25) is 4.79 Å². The Morgan fingerprint density at radius 1 is 1.26 bits per heavy atom. The van der Waals surface area contributed by atoms with Crippen LogP contribution in [0.3, 0.4) is 0 Å². The summed E-state index contributed by atoms with van der Waals surface area (Å²) in [5.74, 6) is 2.30. The number of amides is 1. The molecule has 0 radical (unpaired) electrons. The number of hydrogen-bond acceptors (Lipinski definition) is 5. The number of hydrogen-bond donors (Lipinski definition) is 2. The minimum atomic E-state index is -0.0241. The zero-order chi connectivity index (χ0) is 19.6. The average Bonchev–Trinajstić information content (AvgIpc) is 3.31. The highest BCUT2D eigenvalue weighted by molar-refractivity contribution is 5.86. The minimum absolute atomic E-state index is 0.0241. The van der Waals surface area contributed by atoms with Crippen molar-refractivity contribution in [3.05, 3.63) is 41.2 Å². The number of aromatic nitrogens is 1. The lowest BCUT2D eigenvalue weighted by Crippen LogP contribution is -2.43. The molecule has 2 N–H and O–H groups in total. The normalized spacial score (nSPS) is 11.5. The lowest BCUT2D eigenvalue weighted by Gasteiger charge is -2.14. The Hall–Kier alpha value is -2.77. The van der Waals surface area contributed by atoms with Gasteiger partial charge in [-0.1, -0.05) is 19.0 Å². The van der Waals surface area contributed by atoms with Crippen molar-refractivity contribution < 1.29 is 13.7 Å². The Morgan fingerprint density at radius 3 is 2.70 bits per heavy atom. The molecule has 0 fully saturated rings. The van der Waals surface area contributed by atoms with Crippen LogP contribution in [-0.4, -0.2) is 49.1 Å². The van der Waals surface area contributed by atoms with Crippen LogP contribution in [0.4, 0.5) is 0 Å². The summed E-state index contributed by atoms with van der Waals surface area (Å²) in [6.45, 7) is 5.33. The molecule has 27 heavy (non-hydrogen) atoms. The Kier molecular flexibility index (Phi) is 7.91. The molecule has 0 aliphatic rings. The van der Waals surface area contributed by atoms with Crippen molar-refractivity contribution in [1.29, 1.82) is 0 Å². The summed E-state index contributed by atoms with van der Waals surface area (Å²) in [4.78, 5) is 18.0. The number of nitrogens with one attached hydrogen (secondary N) is 2. The first-order chi connectivity index (χ1) is 13.0. The van der Waals surface area contributed by atoms with Crippen molar-refractivity contribution in [2.24, 2.45) is 4.99 Å². The van der Waals surface area contributed by atoms with Crippen LogP contribution in [-0.2, 0) is 30.6 Å². The van der Waals surface area contributed by atoms with E-state index < -0.39 is 0 Å². The Morgan fingerprint density at radius 2 is 2.07 bits per heavy atom. The molecule has 148 valence electrons. The van der Waals surface area contributed by atoms with Gasteiger partial charge in [0.2, 0.25) is 5.91 Å². The van der Waals surface area contributed by atoms with E-state index in [1.807, 2.05) is 26.0 Å². The highest BCUT2D eigenvalue weighted by Crippen LogP contribution is 2.16. The molecule has 0 bridgehead atoms. The summed E-state index contributed by atoms with van der Waals surface area (Å²) >= 11 is 0. The van der Waals surface area contributed by atoms with Crippen molar-refractivity contribution in [2.75, 3.05) is 27.2 Å². The lowest BCUT2D eigenvalue weighted by atomic mass is 10.1. The van der Waals surface area contributed by atoms with Gasteiger partial charge in [0.05, 0.1) is 25.0 Å². The van der Waals surface area contributed by atoms with Gasteiger partial charge in [-0.05, 0) is 18.6 Å². The van der Waals surface area contributed by atoms with Crippen molar-refractivity contribution in [3.63, 3.8) is 0 Å². The van der Waals surface area contributed by atoms with Gasteiger partial charge in [-0.15, -0.1) is 0 Å². The van der Waals surface area contributed by atoms with E-state index in [2.05, 4.69) is 20.8 Å². The monoisotopic (exact) mass is 375 g/mol. The number of carbonyl (C=O) groups is 1. The van der Waals surface area contributed by atoms with Crippen molar-refractivity contribution in [1.82, 2.24) is 20.7 Å². The third-order valence-corrected chi connectivity index (χ3v) is 4.15. The van der Waals surface area contributed by atoms with Gasteiger partial charge in [0, 0.05) is 39.0 Å². The molecule has 2 heterocycles. The molecule has 0 spiro atoms. The zero-order valence-corrected chi connectivity index (χ0v) is 16.5. The van der Waals surface area contributed by atoms with E-state index in [4.69, 9.17) is 8.94 Å². The Labute approximate surface area is 160 Å². The van der Waals surface area contributed by atoms with Gasteiger partial charge in [-0.25, -0.2) is 4.99 Å². The number of guanidine groups is 1. The van der Waals surface area contributed by atoms with Crippen molar-refractivity contribution >= 4 is 11.9 Å². The van der Waals surface area contributed by atoms with Gasteiger partial charge in [-0.2, -0.15) is 0 Å². The molecule has 0 unspecified atom stereocenters. The van der Waals surface area contributed by atoms with E-state index in [0.29, 0.717) is 19.0 Å². The predicted octanol–water partition coefficient (Wildman–Crippen LogP) is 1.76. The standard InChI is InChI=1S/C19H29N5O3/c1-5-16-15(17(6-2)27-23-16)12-21-19(22-13-18(25)24(3)4)20-10-9-14-8-7-11-26-14/h7-8,11H,5-6,9-10,12-13H2,1-4H3,(H2,20,21,22). The molecule has 0 aliphatic carbocycles. The average molecular weight is 375 g/mol. The van der Waals surface area contributed by atoms with Crippen LogP contribution in [0.15, 0.2) is 32.3 Å².